The number of rotatable bonds is 5. The van der Waals surface area contributed by atoms with Gasteiger partial charge < -0.3 is 10.6 Å². The number of hydrogen-bond acceptors (Lipinski definition) is 2. The Labute approximate surface area is 102 Å². The number of guanidine groups is 1. The molecule has 5 heteroatoms. The Hall–Kier alpha value is -0.450. The summed E-state index contributed by atoms with van der Waals surface area (Å²) in [6.07, 6.45) is 3.09. The molecule has 1 rings (SSSR count). The largest absolute Gasteiger partial charge is 0.356 e. The van der Waals surface area contributed by atoms with Crippen LogP contribution in [0.15, 0.2) is 4.99 Å². The number of thioether (sulfide) groups is 1. The lowest BCUT2D eigenvalue weighted by atomic mass is 10.1. The second-order valence-corrected chi connectivity index (χ2v) is 5.98. The number of halogens is 1. The van der Waals surface area contributed by atoms with Crippen molar-refractivity contribution in [3.63, 3.8) is 0 Å². The molecule has 1 unspecified atom stereocenters. The van der Waals surface area contributed by atoms with Gasteiger partial charge in [0.2, 0.25) is 0 Å². The third-order valence-corrected chi connectivity index (χ3v) is 4.29. The monoisotopic (exact) mass is 247 g/mol. The minimum absolute atomic E-state index is 0.280. The number of nitrogens with one attached hydrogen (secondary N) is 2. The maximum atomic E-state index is 11.9. The van der Waals surface area contributed by atoms with Crippen LogP contribution < -0.4 is 10.6 Å². The van der Waals surface area contributed by atoms with Crippen LogP contribution in [0.1, 0.15) is 26.2 Å². The molecular weight excluding hydrogens is 225 g/mol. The summed E-state index contributed by atoms with van der Waals surface area (Å²) in [6, 6.07) is 0. The van der Waals surface area contributed by atoms with Crippen molar-refractivity contribution in [3.05, 3.63) is 0 Å². The number of aliphatic imine (C=N–C) groups is 1. The van der Waals surface area contributed by atoms with E-state index in [4.69, 9.17) is 0 Å². The third-order valence-electron chi connectivity index (χ3n) is 2.76. The first kappa shape index (κ1) is 13.6. The van der Waals surface area contributed by atoms with Crippen molar-refractivity contribution < 1.29 is 4.39 Å². The van der Waals surface area contributed by atoms with Crippen molar-refractivity contribution in [1.29, 1.82) is 0 Å². The molecule has 0 aliphatic carbocycles. The standard InChI is InChI=1S/C11H22FN3S/c1-11(5-3-8-16-11)9-15-10(13-2)14-7-4-6-12/h3-9H2,1-2H3,(H2,13,14,15). The van der Waals surface area contributed by atoms with E-state index in [0.717, 1.165) is 12.5 Å². The fraction of sp³-hybridized carbons (Fsp3) is 0.909. The normalized spacial score (nSPS) is 25.8. The van der Waals surface area contributed by atoms with E-state index < -0.39 is 0 Å². The Morgan fingerprint density at radius 3 is 2.88 bits per heavy atom. The van der Waals surface area contributed by atoms with E-state index in [2.05, 4.69) is 22.5 Å². The van der Waals surface area contributed by atoms with E-state index in [1.807, 2.05) is 11.8 Å². The molecule has 0 aromatic rings. The zero-order valence-electron chi connectivity index (χ0n) is 10.2. The predicted molar refractivity (Wildman–Crippen MR) is 70.1 cm³/mol. The molecule has 94 valence electrons. The molecule has 1 aliphatic heterocycles. The molecule has 1 aliphatic rings. The van der Waals surface area contributed by atoms with Crippen LogP contribution in [0.4, 0.5) is 4.39 Å². The lowest BCUT2D eigenvalue weighted by Gasteiger charge is -2.24. The summed E-state index contributed by atoms with van der Waals surface area (Å²) in [7, 11) is 1.74. The van der Waals surface area contributed by atoms with Crippen molar-refractivity contribution in [2.45, 2.75) is 30.9 Å². The van der Waals surface area contributed by atoms with Gasteiger partial charge in [0.05, 0.1) is 6.67 Å². The lowest BCUT2D eigenvalue weighted by molar-refractivity contribution is 0.470. The van der Waals surface area contributed by atoms with Crippen LogP contribution >= 0.6 is 11.8 Å². The van der Waals surface area contributed by atoms with E-state index in [0.29, 0.717) is 17.7 Å². The van der Waals surface area contributed by atoms with Gasteiger partial charge in [-0.3, -0.25) is 9.38 Å². The Kier molecular flexibility index (Phi) is 5.95. The van der Waals surface area contributed by atoms with Gasteiger partial charge in [0, 0.05) is 24.9 Å². The summed E-state index contributed by atoms with van der Waals surface area (Å²) in [4.78, 5) is 4.11. The van der Waals surface area contributed by atoms with Crippen molar-refractivity contribution in [2.24, 2.45) is 4.99 Å². The summed E-state index contributed by atoms with van der Waals surface area (Å²) in [5.41, 5.74) is 0. The fourth-order valence-electron chi connectivity index (χ4n) is 1.74. The highest BCUT2D eigenvalue weighted by molar-refractivity contribution is 8.00. The maximum absolute atomic E-state index is 11.9. The van der Waals surface area contributed by atoms with Gasteiger partial charge in [-0.25, -0.2) is 0 Å². The van der Waals surface area contributed by atoms with E-state index >= 15 is 0 Å². The zero-order chi connectivity index (χ0) is 11.9. The molecular formula is C11H22FN3S. The Morgan fingerprint density at radius 2 is 2.31 bits per heavy atom. The van der Waals surface area contributed by atoms with Gasteiger partial charge in [-0.2, -0.15) is 11.8 Å². The van der Waals surface area contributed by atoms with Crippen molar-refractivity contribution in [2.75, 3.05) is 32.6 Å². The summed E-state index contributed by atoms with van der Waals surface area (Å²) >= 11 is 2.02. The van der Waals surface area contributed by atoms with E-state index in [1.165, 1.54) is 18.6 Å². The van der Waals surface area contributed by atoms with E-state index in [1.54, 1.807) is 7.05 Å². The highest BCUT2D eigenvalue weighted by atomic mass is 32.2. The van der Waals surface area contributed by atoms with Gasteiger partial charge in [0.25, 0.3) is 0 Å². The Balaban J connectivity index is 2.23. The molecule has 0 bridgehead atoms. The molecule has 0 aromatic carbocycles. The van der Waals surface area contributed by atoms with Crippen molar-refractivity contribution in [1.82, 2.24) is 10.6 Å². The van der Waals surface area contributed by atoms with E-state index in [9.17, 15) is 4.39 Å². The predicted octanol–water partition coefficient (Wildman–Crippen LogP) is 1.80. The third kappa shape index (κ3) is 4.60. The van der Waals surface area contributed by atoms with Crippen LogP contribution in [0.25, 0.3) is 0 Å². The van der Waals surface area contributed by atoms with Crippen molar-refractivity contribution >= 4 is 17.7 Å². The van der Waals surface area contributed by atoms with Crippen LogP contribution in [0.2, 0.25) is 0 Å². The van der Waals surface area contributed by atoms with E-state index in [-0.39, 0.29) is 6.67 Å². The average Bonchev–Trinajstić information content (AvgIpc) is 2.71. The van der Waals surface area contributed by atoms with Crippen LogP contribution in [0.5, 0.6) is 0 Å². The minimum Gasteiger partial charge on any atom is -0.356 e. The quantitative estimate of drug-likeness (QED) is 0.442. The highest BCUT2D eigenvalue weighted by Crippen LogP contribution is 2.36. The minimum atomic E-state index is -0.280. The summed E-state index contributed by atoms with van der Waals surface area (Å²) < 4.78 is 12.3. The topological polar surface area (TPSA) is 36.4 Å². The van der Waals surface area contributed by atoms with Gasteiger partial charge >= 0.3 is 0 Å². The van der Waals surface area contributed by atoms with Crippen LogP contribution in [0, 0.1) is 0 Å². The molecule has 1 saturated heterocycles. The van der Waals surface area contributed by atoms with Gasteiger partial charge in [-0.05, 0) is 31.9 Å². The second-order valence-electron chi connectivity index (χ2n) is 4.30. The average molecular weight is 247 g/mol. The van der Waals surface area contributed by atoms with Crippen LogP contribution in [0.3, 0.4) is 0 Å². The van der Waals surface area contributed by atoms with Gasteiger partial charge in [-0.1, -0.05) is 0 Å². The molecule has 1 atom stereocenters. The summed E-state index contributed by atoms with van der Waals surface area (Å²) in [5, 5.41) is 6.41. The first-order valence-electron chi connectivity index (χ1n) is 5.85. The first-order valence-corrected chi connectivity index (χ1v) is 6.83. The Morgan fingerprint density at radius 1 is 1.50 bits per heavy atom. The molecule has 0 amide bonds. The number of nitrogens with zero attached hydrogens (tertiary/aromatic N) is 1. The molecule has 2 N–H and O–H groups in total. The van der Waals surface area contributed by atoms with Gasteiger partial charge in [-0.15, -0.1) is 0 Å². The molecule has 3 nitrogen and oxygen atoms in total. The number of alkyl halides is 1. The zero-order valence-corrected chi connectivity index (χ0v) is 11.0. The molecule has 0 aromatic heterocycles. The van der Waals surface area contributed by atoms with Crippen LogP contribution in [-0.4, -0.2) is 43.3 Å². The van der Waals surface area contributed by atoms with Gasteiger partial charge in [0.1, 0.15) is 0 Å². The SMILES string of the molecule is CN=C(NCCCF)NCC1(C)CCCS1. The molecule has 0 radical (unpaired) electrons. The summed E-state index contributed by atoms with van der Waals surface area (Å²) in [5.74, 6) is 2.04. The highest BCUT2D eigenvalue weighted by Gasteiger charge is 2.29. The Bertz CT molecular complexity index is 227. The molecule has 1 heterocycles. The molecule has 1 fully saturated rings. The summed E-state index contributed by atoms with van der Waals surface area (Å²) in [6.45, 7) is 3.57. The first-order chi connectivity index (χ1) is 7.70. The molecule has 16 heavy (non-hydrogen) atoms. The molecule has 0 saturated carbocycles. The molecule has 0 spiro atoms. The maximum Gasteiger partial charge on any atom is 0.191 e. The lowest BCUT2D eigenvalue weighted by Crippen LogP contribution is -2.43. The second kappa shape index (κ2) is 6.99. The smallest absolute Gasteiger partial charge is 0.191 e. The van der Waals surface area contributed by atoms with Gasteiger partial charge in [0.15, 0.2) is 5.96 Å². The fourth-order valence-corrected chi connectivity index (χ4v) is 2.99. The van der Waals surface area contributed by atoms with Crippen molar-refractivity contribution in [3.8, 4) is 0 Å². The number of hydrogen-bond donors (Lipinski definition) is 2. The van der Waals surface area contributed by atoms with Crippen LogP contribution in [-0.2, 0) is 0 Å².